The van der Waals surface area contributed by atoms with E-state index in [1.807, 2.05) is 29.2 Å². The standard InChI is InChI=1S/C21H23N3O4S/c1-28-16-10-8-15(9-11-16)18-6-4-14-24(18)20(25)12-13-22-21-17-5-2-3-7-19(17)29(26,27)23-21/h2-3,5,7-11,18H,4,6,12-14H2,1H3,(H,22,23)/t18-/m1/s1. The van der Waals surface area contributed by atoms with E-state index in [0.29, 0.717) is 11.4 Å². The number of ether oxygens (including phenoxy) is 1. The minimum absolute atomic E-state index is 0.0295. The molecule has 1 N–H and O–H groups in total. The topological polar surface area (TPSA) is 88.1 Å². The van der Waals surface area contributed by atoms with Gasteiger partial charge in [0.05, 0.1) is 24.6 Å². The Morgan fingerprint density at radius 2 is 1.97 bits per heavy atom. The predicted octanol–water partition coefficient (Wildman–Crippen LogP) is 2.49. The largest absolute Gasteiger partial charge is 0.497 e. The lowest BCUT2D eigenvalue weighted by molar-refractivity contribution is -0.131. The zero-order valence-electron chi connectivity index (χ0n) is 16.2. The highest BCUT2D eigenvalue weighted by atomic mass is 32.2. The fourth-order valence-electron chi connectivity index (χ4n) is 3.90. The molecule has 1 amide bonds. The molecule has 8 heteroatoms. The van der Waals surface area contributed by atoms with Crippen LogP contribution < -0.4 is 9.46 Å². The number of likely N-dealkylation sites (tertiary alicyclic amines) is 1. The number of nitrogens with zero attached hydrogens (tertiary/aromatic N) is 2. The van der Waals surface area contributed by atoms with Crippen LogP contribution in [0.4, 0.5) is 0 Å². The van der Waals surface area contributed by atoms with Crippen molar-refractivity contribution >= 4 is 21.8 Å². The highest BCUT2D eigenvalue weighted by Crippen LogP contribution is 2.33. The quantitative estimate of drug-likeness (QED) is 0.816. The number of methoxy groups -OCH3 is 1. The van der Waals surface area contributed by atoms with Gasteiger partial charge in [-0.25, -0.2) is 8.42 Å². The number of carbonyl (C=O) groups excluding carboxylic acids is 1. The maximum absolute atomic E-state index is 12.8. The molecule has 0 radical (unpaired) electrons. The van der Waals surface area contributed by atoms with Gasteiger partial charge < -0.3 is 9.64 Å². The summed E-state index contributed by atoms with van der Waals surface area (Å²) in [5.74, 6) is 1.13. The predicted molar refractivity (Wildman–Crippen MR) is 109 cm³/mol. The first-order valence-corrected chi connectivity index (χ1v) is 11.1. The number of aliphatic imine (C=N–C) groups is 1. The fourth-order valence-corrected chi connectivity index (χ4v) is 5.15. The summed E-state index contributed by atoms with van der Waals surface area (Å²) in [7, 11) is -1.93. The molecule has 4 rings (SSSR count). The van der Waals surface area contributed by atoms with E-state index in [4.69, 9.17) is 4.74 Å². The highest BCUT2D eigenvalue weighted by Gasteiger charge is 2.31. The molecule has 2 aliphatic heterocycles. The van der Waals surface area contributed by atoms with E-state index in [-0.39, 0.29) is 29.8 Å². The number of hydrogen-bond donors (Lipinski definition) is 1. The van der Waals surface area contributed by atoms with Crippen molar-refractivity contribution < 1.29 is 17.9 Å². The van der Waals surface area contributed by atoms with Crippen molar-refractivity contribution in [1.82, 2.24) is 9.62 Å². The highest BCUT2D eigenvalue weighted by molar-refractivity contribution is 7.90. The van der Waals surface area contributed by atoms with Gasteiger partial charge >= 0.3 is 0 Å². The molecule has 0 spiro atoms. The third-order valence-corrected chi connectivity index (χ3v) is 6.73. The van der Waals surface area contributed by atoms with Crippen LogP contribution in [0.3, 0.4) is 0 Å². The number of nitrogens with one attached hydrogen (secondary N) is 1. The average Bonchev–Trinajstić information content (AvgIpc) is 3.32. The van der Waals surface area contributed by atoms with Gasteiger partial charge in [0.1, 0.15) is 11.6 Å². The maximum atomic E-state index is 12.8. The first kappa shape index (κ1) is 19.4. The SMILES string of the molecule is COc1ccc([C@H]2CCCN2C(=O)CCN=C2NS(=O)(=O)c3ccccc32)cc1. The van der Waals surface area contributed by atoms with Crippen molar-refractivity contribution in [3.63, 3.8) is 0 Å². The number of fused-ring (bicyclic) bond motifs is 1. The van der Waals surface area contributed by atoms with Gasteiger partial charge in [-0.05, 0) is 42.7 Å². The maximum Gasteiger partial charge on any atom is 0.263 e. The molecule has 29 heavy (non-hydrogen) atoms. The summed E-state index contributed by atoms with van der Waals surface area (Å²) in [4.78, 5) is 19.3. The summed E-state index contributed by atoms with van der Waals surface area (Å²) in [5, 5.41) is 0. The fraction of sp³-hybridized carbons (Fsp3) is 0.333. The van der Waals surface area contributed by atoms with E-state index in [1.165, 1.54) is 0 Å². The first-order chi connectivity index (χ1) is 14.0. The minimum Gasteiger partial charge on any atom is -0.497 e. The molecule has 152 valence electrons. The summed E-state index contributed by atoms with van der Waals surface area (Å²) in [6.07, 6.45) is 2.13. The number of benzene rings is 2. The van der Waals surface area contributed by atoms with Crippen molar-refractivity contribution in [2.75, 3.05) is 20.2 Å². The van der Waals surface area contributed by atoms with Crippen LogP contribution in [0.1, 0.15) is 36.4 Å². The van der Waals surface area contributed by atoms with Crippen LogP contribution in [0.15, 0.2) is 58.4 Å². The van der Waals surface area contributed by atoms with E-state index in [0.717, 1.165) is 30.7 Å². The van der Waals surface area contributed by atoms with Gasteiger partial charge in [0, 0.05) is 18.5 Å². The minimum atomic E-state index is -3.56. The van der Waals surface area contributed by atoms with E-state index in [9.17, 15) is 13.2 Å². The molecule has 0 aliphatic carbocycles. The molecule has 1 fully saturated rings. The van der Waals surface area contributed by atoms with Crippen LogP contribution in [0.25, 0.3) is 0 Å². The monoisotopic (exact) mass is 413 g/mol. The average molecular weight is 413 g/mol. The lowest BCUT2D eigenvalue weighted by Gasteiger charge is -2.25. The molecule has 1 atom stereocenters. The molecule has 2 aromatic rings. The molecule has 1 saturated heterocycles. The Morgan fingerprint density at radius 3 is 2.72 bits per heavy atom. The van der Waals surface area contributed by atoms with Gasteiger partial charge in [-0.1, -0.05) is 24.3 Å². The zero-order chi connectivity index (χ0) is 20.4. The van der Waals surface area contributed by atoms with Crippen LogP contribution in [0.5, 0.6) is 5.75 Å². The molecule has 7 nitrogen and oxygen atoms in total. The number of carbonyl (C=O) groups is 1. The van der Waals surface area contributed by atoms with Crippen LogP contribution >= 0.6 is 0 Å². The Hall–Kier alpha value is -2.87. The second kappa shape index (κ2) is 7.87. The van der Waals surface area contributed by atoms with Crippen molar-refractivity contribution in [1.29, 1.82) is 0 Å². The van der Waals surface area contributed by atoms with Gasteiger partial charge in [-0.2, -0.15) is 0 Å². The van der Waals surface area contributed by atoms with Crippen LogP contribution in [-0.4, -0.2) is 45.3 Å². The second-order valence-electron chi connectivity index (χ2n) is 7.10. The Bertz CT molecular complexity index is 1050. The molecule has 2 aromatic carbocycles. The summed E-state index contributed by atoms with van der Waals surface area (Å²) in [6.45, 7) is 0.957. The number of amidine groups is 1. The Kier molecular flexibility index (Phi) is 5.27. The molecule has 2 aliphatic rings. The summed E-state index contributed by atoms with van der Waals surface area (Å²) in [6, 6.07) is 14.6. The van der Waals surface area contributed by atoms with Crippen molar-refractivity contribution in [2.45, 2.75) is 30.2 Å². The van der Waals surface area contributed by atoms with Gasteiger partial charge in [0.15, 0.2) is 0 Å². The van der Waals surface area contributed by atoms with Crippen molar-refractivity contribution in [2.24, 2.45) is 4.99 Å². The van der Waals surface area contributed by atoms with Gasteiger partial charge in [-0.3, -0.25) is 14.5 Å². The smallest absolute Gasteiger partial charge is 0.263 e. The molecule has 0 aromatic heterocycles. The molecule has 0 bridgehead atoms. The first-order valence-electron chi connectivity index (χ1n) is 9.60. The molecule has 0 unspecified atom stereocenters. The third kappa shape index (κ3) is 3.85. The summed E-state index contributed by atoms with van der Waals surface area (Å²) in [5.41, 5.74) is 1.65. The van der Waals surface area contributed by atoms with Gasteiger partial charge in [0.2, 0.25) is 5.91 Å². The van der Waals surface area contributed by atoms with E-state index < -0.39 is 10.0 Å². The van der Waals surface area contributed by atoms with Crippen LogP contribution in [0, 0.1) is 0 Å². The Labute approximate surface area is 170 Å². The van der Waals surface area contributed by atoms with Crippen LogP contribution in [-0.2, 0) is 14.8 Å². The van der Waals surface area contributed by atoms with Gasteiger partial charge in [0.25, 0.3) is 10.0 Å². The lowest BCUT2D eigenvalue weighted by atomic mass is 10.0. The van der Waals surface area contributed by atoms with Crippen LogP contribution in [0.2, 0.25) is 0 Å². The molecular formula is C21H23N3O4S. The lowest BCUT2D eigenvalue weighted by Crippen LogP contribution is -2.31. The zero-order valence-corrected chi connectivity index (χ0v) is 17.0. The van der Waals surface area contributed by atoms with Crippen molar-refractivity contribution in [3.05, 3.63) is 59.7 Å². The third-order valence-electron chi connectivity index (χ3n) is 5.33. The number of rotatable bonds is 5. The number of sulfonamides is 1. The number of hydrogen-bond acceptors (Lipinski definition) is 5. The normalized spacial score (nSPS) is 21.1. The summed E-state index contributed by atoms with van der Waals surface area (Å²) >= 11 is 0. The number of amides is 1. The molecule has 2 heterocycles. The van der Waals surface area contributed by atoms with Gasteiger partial charge in [-0.15, -0.1) is 0 Å². The summed E-state index contributed by atoms with van der Waals surface area (Å²) < 4.78 is 32.0. The Balaban J connectivity index is 1.42. The van der Waals surface area contributed by atoms with E-state index >= 15 is 0 Å². The van der Waals surface area contributed by atoms with E-state index in [1.54, 1.807) is 31.4 Å². The van der Waals surface area contributed by atoms with Crippen molar-refractivity contribution in [3.8, 4) is 5.75 Å². The Morgan fingerprint density at radius 1 is 1.21 bits per heavy atom. The van der Waals surface area contributed by atoms with E-state index in [2.05, 4.69) is 9.71 Å². The molecular weight excluding hydrogens is 390 g/mol. The second-order valence-corrected chi connectivity index (χ2v) is 8.75. The molecule has 0 saturated carbocycles.